The summed E-state index contributed by atoms with van der Waals surface area (Å²) < 4.78 is 0. The van der Waals surface area contributed by atoms with Crippen LogP contribution in [-0.2, 0) is 26.2 Å². The number of imidazole rings is 1. The van der Waals surface area contributed by atoms with E-state index in [1.807, 2.05) is 121 Å². The van der Waals surface area contributed by atoms with E-state index in [9.17, 15) is 9.59 Å². The molecular formula is C33H30N4O2. The number of benzene rings is 4. The van der Waals surface area contributed by atoms with Crippen molar-refractivity contribution >= 4 is 11.8 Å². The van der Waals surface area contributed by atoms with E-state index >= 15 is 0 Å². The average molecular weight is 515 g/mol. The van der Waals surface area contributed by atoms with Gasteiger partial charge >= 0.3 is 0 Å². The third-order valence-electron chi connectivity index (χ3n) is 6.50. The van der Waals surface area contributed by atoms with E-state index in [0.717, 1.165) is 22.3 Å². The summed E-state index contributed by atoms with van der Waals surface area (Å²) in [5.41, 5.74) is 4.32. The van der Waals surface area contributed by atoms with Crippen molar-refractivity contribution in [2.45, 2.75) is 26.2 Å². The number of nitrogens with one attached hydrogen (secondary N) is 1. The molecular weight excluding hydrogens is 484 g/mol. The lowest BCUT2D eigenvalue weighted by Gasteiger charge is -2.25. The number of carbonyl (C=O) groups is 2. The second-order valence-corrected chi connectivity index (χ2v) is 9.39. The van der Waals surface area contributed by atoms with Crippen molar-refractivity contribution in [2.24, 2.45) is 0 Å². The fourth-order valence-electron chi connectivity index (χ4n) is 4.54. The zero-order valence-electron chi connectivity index (χ0n) is 21.6. The molecule has 1 aromatic heterocycles. The van der Waals surface area contributed by atoms with E-state index in [1.165, 1.54) is 6.33 Å². The number of rotatable bonds is 10. The first kappa shape index (κ1) is 25.7. The molecule has 4 aromatic carbocycles. The second-order valence-electron chi connectivity index (χ2n) is 9.39. The lowest BCUT2D eigenvalue weighted by molar-refractivity contribution is 0.0684. The van der Waals surface area contributed by atoms with E-state index in [2.05, 4.69) is 9.97 Å². The summed E-state index contributed by atoms with van der Waals surface area (Å²) >= 11 is 0. The highest BCUT2D eigenvalue weighted by Crippen LogP contribution is 2.19. The maximum Gasteiger partial charge on any atom is 0.275 e. The summed E-state index contributed by atoms with van der Waals surface area (Å²) in [6, 6.07) is 39.4. The first-order valence-corrected chi connectivity index (χ1v) is 12.9. The molecule has 6 nitrogen and oxygen atoms in total. The van der Waals surface area contributed by atoms with Crippen molar-refractivity contribution in [3.8, 4) is 0 Å². The molecule has 0 unspecified atom stereocenters. The fourth-order valence-corrected chi connectivity index (χ4v) is 4.54. The van der Waals surface area contributed by atoms with Gasteiger partial charge in [-0.05, 0) is 22.3 Å². The number of H-pyrrole nitrogens is 1. The third kappa shape index (κ3) is 6.67. The molecule has 5 aromatic rings. The first-order chi connectivity index (χ1) is 19.2. The van der Waals surface area contributed by atoms with Crippen LogP contribution in [0.5, 0.6) is 0 Å². The number of hydrogen-bond acceptors (Lipinski definition) is 3. The quantitative estimate of drug-likeness (QED) is 0.245. The van der Waals surface area contributed by atoms with Crippen molar-refractivity contribution < 1.29 is 9.59 Å². The van der Waals surface area contributed by atoms with Gasteiger partial charge < -0.3 is 14.8 Å². The molecule has 0 aliphatic rings. The van der Waals surface area contributed by atoms with Crippen LogP contribution >= 0.6 is 0 Å². The van der Waals surface area contributed by atoms with Gasteiger partial charge in [0.25, 0.3) is 11.8 Å². The van der Waals surface area contributed by atoms with E-state index in [1.54, 1.807) is 9.80 Å². The number of aromatic amines is 1. The Balaban J connectivity index is 1.44. The summed E-state index contributed by atoms with van der Waals surface area (Å²) in [6.07, 6.45) is 1.42. The largest absolute Gasteiger partial charge is 0.340 e. The number of carbonyl (C=O) groups excluding carboxylic acids is 2. The van der Waals surface area contributed by atoms with Crippen LogP contribution in [0.2, 0.25) is 0 Å². The zero-order valence-corrected chi connectivity index (χ0v) is 21.6. The van der Waals surface area contributed by atoms with Gasteiger partial charge in [-0.1, -0.05) is 121 Å². The summed E-state index contributed by atoms with van der Waals surface area (Å²) in [7, 11) is 0. The van der Waals surface area contributed by atoms with Crippen LogP contribution in [0.3, 0.4) is 0 Å². The van der Waals surface area contributed by atoms with Crippen molar-refractivity contribution in [3.63, 3.8) is 0 Å². The summed E-state index contributed by atoms with van der Waals surface area (Å²) in [6.45, 7) is 1.59. The van der Waals surface area contributed by atoms with Crippen LogP contribution in [0.1, 0.15) is 43.2 Å². The minimum Gasteiger partial charge on any atom is -0.340 e. The molecule has 0 aliphatic carbocycles. The van der Waals surface area contributed by atoms with Gasteiger partial charge in [0.05, 0.1) is 6.33 Å². The molecule has 39 heavy (non-hydrogen) atoms. The molecule has 0 aliphatic heterocycles. The fraction of sp³-hybridized carbons (Fsp3) is 0.121. The SMILES string of the molecule is O=C(c1nc[nH]c1C(=O)N(Cc1ccccc1)Cc1ccccc1)N(Cc1ccccc1)Cc1ccccc1. The van der Waals surface area contributed by atoms with E-state index < -0.39 is 0 Å². The first-order valence-electron chi connectivity index (χ1n) is 12.9. The average Bonchev–Trinajstić information content (AvgIpc) is 3.48. The summed E-state index contributed by atoms with van der Waals surface area (Å²) in [5, 5.41) is 0. The van der Waals surface area contributed by atoms with Gasteiger partial charge in [-0.15, -0.1) is 0 Å². The standard InChI is InChI=1S/C33H30N4O2/c38-32(36(21-26-13-5-1-6-14-26)22-27-15-7-2-8-16-27)30-31(35-25-34-30)33(39)37(23-28-17-9-3-10-18-28)24-29-19-11-4-12-20-29/h1-20,25H,21-24H2,(H,34,35). The van der Waals surface area contributed by atoms with Gasteiger partial charge in [-0.25, -0.2) is 4.98 Å². The van der Waals surface area contributed by atoms with Gasteiger partial charge in [-0.3, -0.25) is 9.59 Å². The molecule has 0 atom stereocenters. The highest BCUT2D eigenvalue weighted by molar-refractivity contribution is 6.04. The lowest BCUT2D eigenvalue weighted by atomic mass is 10.1. The molecule has 0 spiro atoms. The molecule has 2 amide bonds. The van der Waals surface area contributed by atoms with E-state index in [4.69, 9.17) is 0 Å². The second kappa shape index (κ2) is 12.5. The third-order valence-corrected chi connectivity index (χ3v) is 6.50. The zero-order chi connectivity index (χ0) is 26.9. The maximum atomic E-state index is 14.0. The van der Waals surface area contributed by atoms with Crippen molar-refractivity contribution in [3.05, 3.63) is 161 Å². The monoisotopic (exact) mass is 514 g/mol. The van der Waals surface area contributed by atoms with E-state index in [-0.39, 0.29) is 23.2 Å². The molecule has 1 heterocycles. The van der Waals surface area contributed by atoms with Gasteiger partial charge in [0.2, 0.25) is 0 Å². The van der Waals surface area contributed by atoms with Crippen molar-refractivity contribution in [1.29, 1.82) is 0 Å². The smallest absolute Gasteiger partial charge is 0.275 e. The number of amides is 2. The predicted molar refractivity (Wildman–Crippen MR) is 152 cm³/mol. The highest BCUT2D eigenvalue weighted by Gasteiger charge is 2.28. The Morgan fingerprint density at radius 1 is 0.513 bits per heavy atom. The Morgan fingerprint density at radius 3 is 1.21 bits per heavy atom. The van der Waals surface area contributed by atoms with Gasteiger partial charge in [0.15, 0.2) is 5.69 Å². The Morgan fingerprint density at radius 2 is 0.846 bits per heavy atom. The van der Waals surface area contributed by atoms with Crippen LogP contribution in [0.15, 0.2) is 128 Å². The van der Waals surface area contributed by atoms with Crippen LogP contribution in [0, 0.1) is 0 Å². The van der Waals surface area contributed by atoms with Gasteiger partial charge in [0, 0.05) is 26.2 Å². The molecule has 0 radical (unpaired) electrons. The van der Waals surface area contributed by atoms with Crippen molar-refractivity contribution in [1.82, 2.24) is 19.8 Å². The Kier molecular flexibility index (Phi) is 8.24. The molecule has 0 bridgehead atoms. The van der Waals surface area contributed by atoms with Crippen LogP contribution in [0.25, 0.3) is 0 Å². The maximum absolute atomic E-state index is 14.0. The van der Waals surface area contributed by atoms with Crippen LogP contribution in [-0.4, -0.2) is 31.6 Å². The summed E-state index contributed by atoms with van der Waals surface area (Å²) in [4.78, 5) is 38.7. The lowest BCUT2D eigenvalue weighted by Crippen LogP contribution is -2.35. The molecule has 194 valence electrons. The summed E-state index contributed by atoms with van der Waals surface area (Å²) in [5.74, 6) is -0.574. The van der Waals surface area contributed by atoms with Gasteiger partial charge in [0.1, 0.15) is 5.69 Å². The van der Waals surface area contributed by atoms with Gasteiger partial charge in [-0.2, -0.15) is 0 Å². The van der Waals surface area contributed by atoms with Crippen molar-refractivity contribution in [2.75, 3.05) is 0 Å². The molecule has 6 heteroatoms. The van der Waals surface area contributed by atoms with Crippen LogP contribution in [0.4, 0.5) is 0 Å². The van der Waals surface area contributed by atoms with Crippen LogP contribution < -0.4 is 0 Å². The Labute approximate surface area is 228 Å². The number of hydrogen-bond donors (Lipinski definition) is 1. The topological polar surface area (TPSA) is 69.3 Å². The van der Waals surface area contributed by atoms with E-state index in [0.29, 0.717) is 26.2 Å². The minimum atomic E-state index is -0.299. The predicted octanol–water partition coefficient (Wildman–Crippen LogP) is 6.09. The number of nitrogens with zero attached hydrogens (tertiary/aromatic N) is 3. The normalized spacial score (nSPS) is 10.7. The Bertz CT molecular complexity index is 1290. The molecule has 0 saturated carbocycles. The minimum absolute atomic E-state index is 0.123. The Hall–Kier alpha value is -4.97. The molecule has 5 rings (SSSR count). The molecule has 1 N–H and O–H groups in total. The highest BCUT2D eigenvalue weighted by atomic mass is 16.2. The molecule has 0 saturated heterocycles. The molecule has 0 fully saturated rings. The number of aromatic nitrogens is 2.